The summed E-state index contributed by atoms with van der Waals surface area (Å²) >= 11 is -0.878. The van der Waals surface area contributed by atoms with Crippen molar-refractivity contribution in [1.82, 2.24) is 0 Å². The first-order valence-electron chi connectivity index (χ1n) is 14.9. The Morgan fingerprint density at radius 1 is 0.619 bits per heavy atom. The van der Waals surface area contributed by atoms with Gasteiger partial charge in [0.2, 0.25) is 0 Å². The molecule has 0 amide bonds. The average molecular weight is 640 g/mol. The van der Waals surface area contributed by atoms with Crippen LogP contribution in [0.5, 0.6) is 0 Å². The van der Waals surface area contributed by atoms with Crippen LogP contribution in [-0.2, 0) is 38.9 Å². The number of aryl methyl sites for hydroxylation is 3. The van der Waals surface area contributed by atoms with Gasteiger partial charge in [-0.3, -0.25) is 0 Å². The molecule has 0 fully saturated rings. The van der Waals surface area contributed by atoms with Crippen molar-refractivity contribution in [2.45, 2.75) is 33.2 Å². The summed E-state index contributed by atoms with van der Waals surface area (Å²) in [5.41, 5.74) is 11.8. The van der Waals surface area contributed by atoms with E-state index >= 15 is 0 Å². The minimum atomic E-state index is -0.878. The Labute approximate surface area is 265 Å². The average Bonchev–Trinajstić information content (AvgIpc) is 3.55. The molecule has 2 heteroatoms. The van der Waals surface area contributed by atoms with Crippen LogP contribution in [0.1, 0.15) is 49.5 Å². The first kappa shape index (κ1) is 29.0. The van der Waals surface area contributed by atoms with E-state index in [0.717, 1.165) is 21.4 Å². The predicted octanol–water partition coefficient (Wildman–Crippen LogP) is 9.89. The van der Waals surface area contributed by atoms with Crippen LogP contribution in [0.25, 0.3) is 12.2 Å². The van der Waals surface area contributed by atoms with Crippen LogP contribution >= 0.6 is 8.58 Å². The largest absolute Gasteiger partial charge is 0.0622 e. The molecule has 0 nitrogen and oxygen atoms in total. The number of hydrogen-bond donors (Lipinski definition) is 0. The molecule has 2 aliphatic rings. The van der Waals surface area contributed by atoms with E-state index in [0.29, 0.717) is 3.63 Å². The van der Waals surface area contributed by atoms with E-state index < -0.39 is 23.2 Å². The Kier molecular flexibility index (Phi) is 9.29. The normalized spacial score (nSPS) is 18.2. The second kappa shape index (κ2) is 13.5. The van der Waals surface area contributed by atoms with Gasteiger partial charge in [-0.2, -0.15) is 0 Å². The molecule has 0 aliphatic heterocycles. The fourth-order valence-electron chi connectivity index (χ4n) is 5.98. The number of allylic oxidation sites excluding steroid dienone is 2. The van der Waals surface area contributed by atoms with Crippen LogP contribution in [0.3, 0.4) is 0 Å². The van der Waals surface area contributed by atoms with E-state index in [2.05, 4.69) is 166 Å². The van der Waals surface area contributed by atoms with E-state index in [-0.39, 0.29) is 2.86 Å². The van der Waals surface area contributed by atoms with Crippen LogP contribution in [0, 0.1) is 6.92 Å². The van der Waals surface area contributed by atoms with E-state index in [4.69, 9.17) is 0 Å². The summed E-state index contributed by atoms with van der Waals surface area (Å²) in [7, 11) is 0.809. The first-order valence-corrected chi connectivity index (χ1v) is 18.5. The fourth-order valence-corrected chi connectivity index (χ4v) is 14.1. The van der Waals surface area contributed by atoms with Crippen molar-refractivity contribution in [2.24, 2.45) is 0 Å². The molecule has 3 unspecified atom stereocenters. The molecule has 3 atom stereocenters. The molecule has 0 spiro atoms. The Morgan fingerprint density at radius 3 is 1.88 bits per heavy atom. The molecule has 0 radical (unpaired) electrons. The molecular formula is C40H37PZr. The van der Waals surface area contributed by atoms with Crippen LogP contribution in [0.15, 0.2) is 145 Å². The van der Waals surface area contributed by atoms with Crippen LogP contribution in [0.2, 0.25) is 0 Å². The Hall–Kier alpha value is -3.11. The summed E-state index contributed by atoms with van der Waals surface area (Å²) in [6.07, 6.45) is 9.65. The van der Waals surface area contributed by atoms with Gasteiger partial charge < -0.3 is 0 Å². The molecule has 0 bridgehead atoms. The number of hydrogen-bond acceptors (Lipinski definition) is 0. The molecule has 0 saturated carbocycles. The number of benzene rings is 5. The second-order valence-corrected chi connectivity index (χ2v) is 18.1. The standard InChI is InChI=1S/C16H14P.C14H14.C10H9.Zr/c1-12-6-2-5-9-15(12)17-16-11-10-13-7-3-4-8-14(13)16;1-3-7-13(8-4-1)11-12-14-9-5-2-6-10-14;1-8-6-9-4-2-3-5-10(9)7-8;/h2-11,17H,1H3;1-10H,11-12H2;2-7H,1H3;. The zero-order chi connectivity index (χ0) is 28.8. The first-order chi connectivity index (χ1) is 20.6. The van der Waals surface area contributed by atoms with E-state index in [9.17, 15) is 0 Å². The van der Waals surface area contributed by atoms with Gasteiger partial charge in [0.25, 0.3) is 0 Å². The van der Waals surface area contributed by atoms with Crippen LogP contribution in [0.4, 0.5) is 0 Å². The summed E-state index contributed by atoms with van der Waals surface area (Å²) in [4.78, 5) is 0. The van der Waals surface area contributed by atoms with Gasteiger partial charge in [0, 0.05) is 0 Å². The van der Waals surface area contributed by atoms with E-state index in [1.54, 1.807) is 16.7 Å². The molecule has 5 aromatic carbocycles. The molecule has 2 aliphatic carbocycles. The van der Waals surface area contributed by atoms with Crippen molar-refractivity contribution >= 4 is 26.0 Å². The molecule has 42 heavy (non-hydrogen) atoms. The molecule has 0 saturated heterocycles. The SMILES string of the molecule is CC1=Cc2ccccc2[CH]1[Zr][C]1(Pc2ccccc2C)C=Cc2ccccc21.c1ccc(CCc2ccccc2)cc1. The summed E-state index contributed by atoms with van der Waals surface area (Å²) in [6, 6.07) is 48.3. The molecule has 0 heterocycles. The van der Waals surface area contributed by atoms with Crippen LogP contribution < -0.4 is 5.30 Å². The maximum Gasteiger partial charge on any atom is -0.0238 e. The summed E-state index contributed by atoms with van der Waals surface area (Å²) in [6.45, 7) is 4.61. The second-order valence-electron chi connectivity index (χ2n) is 11.2. The Bertz CT molecular complexity index is 1660. The zero-order valence-electron chi connectivity index (χ0n) is 24.4. The van der Waals surface area contributed by atoms with Crippen molar-refractivity contribution in [3.63, 3.8) is 0 Å². The van der Waals surface area contributed by atoms with Crippen LogP contribution in [-0.4, -0.2) is 0 Å². The fraction of sp³-hybridized carbons (Fsp3) is 0.150. The third kappa shape index (κ3) is 6.60. The van der Waals surface area contributed by atoms with Gasteiger partial charge >= 0.3 is 182 Å². The minimum Gasteiger partial charge on any atom is -0.0622 e. The zero-order valence-corrected chi connectivity index (χ0v) is 27.9. The Balaban J connectivity index is 0.000000189. The van der Waals surface area contributed by atoms with E-state index in [1.807, 2.05) is 0 Å². The van der Waals surface area contributed by atoms with Gasteiger partial charge in [-0.25, -0.2) is 0 Å². The van der Waals surface area contributed by atoms with Gasteiger partial charge in [0.15, 0.2) is 0 Å². The molecule has 7 rings (SSSR count). The quantitative estimate of drug-likeness (QED) is 0.156. The van der Waals surface area contributed by atoms with E-state index in [1.165, 1.54) is 33.1 Å². The minimum absolute atomic E-state index is 0.239. The Morgan fingerprint density at radius 2 is 1.19 bits per heavy atom. The smallest absolute Gasteiger partial charge is 0.0238 e. The van der Waals surface area contributed by atoms with Crippen molar-refractivity contribution in [3.8, 4) is 0 Å². The van der Waals surface area contributed by atoms with Crippen molar-refractivity contribution in [1.29, 1.82) is 0 Å². The third-order valence-electron chi connectivity index (χ3n) is 8.28. The van der Waals surface area contributed by atoms with Crippen molar-refractivity contribution in [3.05, 3.63) is 184 Å². The molecule has 5 aromatic rings. The maximum atomic E-state index is 2.57. The number of fused-ring (bicyclic) bond motifs is 2. The topological polar surface area (TPSA) is 0 Å². The summed E-state index contributed by atoms with van der Waals surface area (Å²) in [5, 5.41) is 1.53. The molecule has 206 valence electrons. The van der Waals surface area contributed by atoms with Gasteiger partial charge in [-0.15, -0.1) is 0 Å². The maximum absolute atomic E-state index is 2.57. The van der Waals surface area contributed by atoms with Crippen molar-refractivity contribution in [2.75, 3.05) is 0 Å². The van der Waals surface area contributed by atoms with Gasteiger partial charge in [-0.1, -0.05) is 60.7 Å². The van der Waals surface area contributed by atoms with Crippen molar-refractivity contribution < 1.29 is 23.2 Å². The van der Waals surface area contributed by atoms with Gasteiger partial charge in [-0.05, 0) is 24.0 Å². The molecule has 0 aromatic heterocycles. The monoisotopic (exact) mass is 638 g/mol. The van der Waals surface area contributed by atoms with Gasteiger partial charge in [0.05, 0.1) is 0 Å². The third-order valence-corrected chi connectivity index (χ3v) is 16.5. The number of rotatable bonds is 7. The van der Waals surface area contributed by atoms with Gasteiger partial charge in [0.1, 0.15) is 0 Å². The summed E-state index contributed by atoms with van der Waals surface area (Å²) < 4.78 is 0.899. The molecular weight excluding hydrogens is 603 g/mol. The molecule has 0 N–H and O–H groups in total. The summed E-state index contributed by atoms with van der Waals surface area (Å²) in [5.74, 6) is 0. The predicted molar refractivity (Wildman–Crippen MR) is 179 cm³/mol.